The molecule has 0 atom stereocenters. The summed E-state index contributed by atoms with van der Waals surface area (Å²) in [7, 11) is 0. The van der Waals surface area contributed by atoms with Crippen molar-refractivity contribution in [1.29, 1.82) is 0 Å². The van der Waals surface area contributed by atoms with Gasteiger partial charge in [0, 0.05) is 22.3 Å². The number of carbonyl (C=O) groups excluding carboxylic acids is 1. The molecule has 0 aliphatic carbocycles. The number of hydrogen-bond donors (Lipinski definition) is 1. The second-order valence-corrected chi connectivity index (χ2v) is 7.74. The van der Waals surface area contributed by atoms with E-state index in [2.05, 4.69) is 20.2 Å². The Morgan fingerprint density at radius 3 is 2.29 bits per heavy atom. The highest BCUT2D eigenvalue weighted by molar-refractivity contribution is 7.99. The Morgan fingerprint density at radius 2 is 1.61 bits per heavy atom. The molecule has 0 spiro atoms. The highest BCUT2D eigenvalue weighted by Gasteiger charge is 2.19. The summed E-state index contributed by atoms with van der Waals surface area (Å²) >= 11 is 1.20. The average molecular weight is 429 g/mol. The molecular formula is C23H16FN5OS. The quantitative estimate of drug-likeness (QED) is 0.393. The first-order valence-corrected chi connectivity index (χ1v) is 10.5. The summed E-state index contributed by atoms with van der Waals surface area (Å²) in [6.45, 7) is 0. The smallest absolute Gasteiger partial charge is 0.242 e. The predicted octanol–water partition coefficient (Wildman–Crippen LogP) is 5.10. The summed E-state index contributed by atoms with van der Waals surface area (Å²) < 4.78 is 13.6. The highest BCUT2D eigenvalue weighted by Crippen LogP contribution is 2.28. The predicted molar refractivity (Wildman–Crippen MR) is 120 cm³/mol. The number of hydrogen-bond acceptors (Lipinski definition) is 5. The van der Waals surface area contributed by atoms with Crippen molar-refractivity contribution in [2.45, 2.75) is 5.16 Å². The number of aromatic nitrogens is 4. The normalized spacial score (nSPS) is 11.1. The number of fused-ring (bicyclic) bond motifs is 3. The van der Waals surface area contributed by atoms with Crippen LogP contribution in [0.1, 0.15) is 0 Å². The van der Waals surface area contributed by atoms with Gasteiger partial charge < -0.3 is 4.98 Å². The third-order valence-electron chi connectivity index (χ3n) is 4.76. The zero-order valence-corrected chi connectivity index (χ0v) is 17.0. The molecule has 6 nitrogen and oxygen atoms in total. The fraction of sp³-hybridized carbons (Fsp3) is 0.0435. The standard InChI is InChI=1S/C23H16FN5OS/c24-15-11-12-19-18(13-15)21-22(25-19)26-23(28-27-21)31-14-20(30)29(16-7-3-1-4-8-16)17-9-5-2-6-10-17/h1-13H,14H2,(H,25,26,28). The molecular weight excluding hydrogens is 413 g/mol. The molecule has 0 bridgehead atoms. The first kappa shape index (κ1) is 19.2. The molecule has 5 rings (SSSR count). The van der Waals surface area contributed by atoms with Gasteiger partial charge in [-0.1, -0.05) is 48.2 Å². The number of carbonyl (C=O) groups is 1. The molecule has 0 aliphatic heterocycles. The van der Waals surface area contributed by atoms with Gasteiger partial charge in [0.15, 0.2) is 5.65 Å². The van der Waals surface area contributed by atoms with Crippen LogP contribution in [0.4, 0.5) is 15.8 Å². The van der Waals surface area contributed by atoms with Gasteiger partial charge in [-0.15, -0.1) is 10.2 Å². The molecule has 5 aromatic rings. The second-order valence-electron chi connectivity index (χ2n) is 6.80. The van der Waals surface area contributed by atoms with Crippen molar-refractivity contribution in [2.75, 3.05) is 10.7 Å². The number of rotatable bonds is 5. The SMILES string of the molecule is O=C(CSc1nnc2c(n1)[nH]c1ccc(F)cc12)N(c1ccccc1)c1ccccc1. The molecule has 0 radical (unpaired) electrons. The summed E-state index contributed by atoms with van der Waals surface area (Å²) in [5.74, 6) is -0.322. The molecule has 0 saturated carbocycles. The van der Waals surface area contributed by atoms with E-state index in [4.69, 9.17) is 0 Å². The number of benzene rings is 3. The lowest BCUT2D eigenvalue weighted by molar-refractivity contribution is -0.115. The van der Waals surface area contributed by atoms with Crippen LogP contribution in [0.3, 0.4) is 0 Å². The van der Waals surface area contributed by atoms with E-state index < -0.39 is 0 Å². The van der Waals surface area contributed by atoms with Crippen molar-refractivity contribution >= 4 is 51.1 Å². The van der Waals surface area contributed by atoms with Gasteiger partial charge in [0.1, 0.15) is 11.3 Å². The zero-order valence-electron chi connectivity index (χ0n) is 16.2. The molecule has 0 aliphatic rings. The molecule has 0 unspecified atom stereocenters. The van der Waals surface area contributed by atoms with Crippen LogP contribution < -0.4 is 4.90 Å². The maximum absolute atomic E-state index is 13.6. The number of H-pyrrole nitrogens is 1. The van der Waals surface area contributed by atoms with Crippen molar-refractivity contribution in [3.8, 4) is 0 Å². The van der Waals surface area contributed by atoms with Crippen molar-refractivity contribution in [3.63, 3.8) is 0 Å². The Hall–Kier alpha value is -3.78. The van der Waals surface area contributed by atoms with Gasteiger partial charge >= 0.3 is 0 Å². The average Bonchev–Trinajstić information content (AvgIpc) is 3.16. The number of aromatic amines is 1. The van der Waals surface area contributed by atoms with Crippen molar-refractivity contribution in [2.24, 2.45) is 0 Å². The van der Waals surface area contributed by atoms with Gasteiger partial charge in [0.05, 0.1) is 5.75 Å². The van der Waals surface area contributed by atoms with E-state index in [-0.39, 0.29) is 17.5 Å². The Kier molecular flexibility index (Phi) is 5.05. The van der Waals surface area contributed by atoms with Crippen LogP contribution in [-0.4, -0.2) is 31.8 Å². The Balaban J connectivity index is 1.40. The fourth-order valence-corrected chi connectivity index (χ4v) is 4.01. The first-order chi connectivity index (χ1) is 15.2. The summed E-state index contributed by atoms with van der Waals surface area (Å²) in [6.07, 6.45) is 0. The minimum Gasteiger partial charge on any atom is -0.338 e. The zero-order chi connectivity index (χ0) is 21.2. The van der Waals surface area contributed by atoms with Crippen molar-refractivity contribution < 1.29 is 9.18 Å². The number of anilines is 2. The minimum atomic E-state index is -0.346. The Morgan fingerprint density at radius 1 is 0.935 bits per heavy atom. The maximum atomic E-state index is 13.6. The molecule has 1 N–H and O–H groups in total. The summed E-state index contributed by atoms with van der Waals surface area (Å²) in [6, 6.07) is 23.4. The first-order valence-electron chi connectivity index (χ1n) is 9.56. The number of para-hydroxylation sites is 2. The van der Waals surface area contributed by atoms with Gasteiger partial charge in [-0.3, -0.25) is 9.69 Å². The summed E-state index contributed by atoms with van der Waals surface area (Å²) in [5.41, 5.74) is 3.31. The Bertz CT molecular complexity index is 1340. The maximum Gasteiger partial charge on any atom is 0.242 e. The third kappa shape index (κ3) is 3.85. The number of amides is 1. The van der Waals surface area contributed by atoms with E-state index in [1.165, 1.54) is 23.9 Å². The largest absolute Gasteiger partial charge is 0.338 e. The number of thioether (sulfide) groups is 1. The highest BCUT2D eigenvalue weighted by atomic mass is 32.2. The minimum absolute atomic E-state index is 0.107. The number of nitrogens with zero attached hydrogens (tertiary/aromatic N) is 4. The van der Waals surface area contributed by atoms with Gasteiger partial charge in [-0.05, 0) is 42.5 Å². The lowest BCUT2D eigenvalue weighted by Gasteiger charge is -2.22. The van der Waals surface area contributed by atoms with Crippen LogP contribution in [0.25, 0.3) is 22.1 Å². The lowest BCUT2D eigenvalue weighted by atomic mass is 10.2. The van der Waals surface area contributed by atoms with E-state index in [1.807, 2.05) is 60.7 Å². The molecule has 1 amide bonds. The second kappa shape index (κ2) is 8.16. The van der Waals surface area contributed by atoms with Gasteiger partial charge in [0.2, 0.25) is 11.1 Å². The molecule has 0 fully saturated rings. The van der Waals surface area contributed by atoms with Crippen LogP contribution in [0.15, 0.2) is 84.0 Å². The molecule has 3 aromatic carbocycles. The molecule has 8 heteroatoms. The van der Waals surface area contributed by atoms with Gasteiger partial charge in [-0.25, -0.2) is 9.37 Å². The van der Waals surface area contributed by atoms with E-state index in [0.717, 1.165) is 16.9 Å². The monoisotopic (exact) mass is 429 g/mol. The summed E-state index contributed by atoms with van der Waals surface area (Å²) in [5, 5.41) is 9.31. The third-order valence-corrected chi connectivity index (χ3v) is 5.58. The van der Waals surface area contributed by atoms with Crippen LogP contribution in [-0.2, 0) is 4.79 Å². The van der Waals surface area contributed by atoms with Gasteiger partial charge in [0.25, 0.3) is 0 Å². The van der Waals surface area contributed by atoms with E-state index in [0.29, 0.717) is 21.7 Å². The van der Waals surface area contributed by atoms with Crippen LogP contribution in [0.5, 0.6) is 0 Å². The van der Waals surface area contributed by atoms with E-state index in [1.54, 1.807) is 11.0 Å². The van der Waals surface area contributed by atoms with Crippen molar-refractivity contribution in [1.82, 2.24) is 20.2 Å². The topological polar surface area (TPSA) is 74.8 Å². The van der Waals surface area contributed by atoms with Crippen molar-refractivity contribution in [3.05, 3.63) is 84.7 Å². The number of halogens is 1. The lowest BCUT2D eigenvalue weighted by Crippen LogP contribution is -2.27. The van der Waals surface area contributed by atoms with Crippen LogP contribution >= 0.6 is 11.8 Å². The van der Waals surface area contributed by atoms with Crippen LogP contribution in [0.2, 0.25) is 0 Å². The number of nitrogens with one attached hydrogen (secondary N) is 1. The van der Waals surface area contributed by atoms with E-state index >= 15 is 0 Å². The van der Waals surface area contributed by atoms with E-state index in [9.17, 15) is 9.18 Å². The molecule has 0 saturated heterocycles. The molecule has 31 heavy (non-hydrogen) atoms. The molecule has 152 valence electrons. The van der Waals surface area contributed by atoms with Gasteiger partial charge in [-0.2, -0.15) is 0 Å². The molecule has 2 heterocycles. The van der Waals surface area contributed by atoms with Crippen LogP contribution in [0, 0.1) is 5.82 Å². The Labute approximate surface area is 181 Å². The fourth-order valence-electron chi connectivity index (χ4n) is 3.37. The summed E-state index contributed by atoms with van der Waals surface area (Å²) in [4.78, 5) is 22.4. The molecule has 2 aromatic heterocycles.